The summed E-state index contributed by atoms with van der Waals surface area (Å²) in [5, 5.41) is 15.9. The average molecular weight is 356 g/mol. The fourth-order valence-corrected chi connectivity index (χ4v) is 3.56. The minimum atomic E-state index is -0.780. The highest BCUT2D eigenvalue weighted by Gasteiger charge is 2.15. The number of aliphatic hydroxyl groups excluding tert-OH is 1. The number of aryl methyl sites for hydroxylation is 2. The first-order valence-corrected chi connectivity index (χ1v) is 8.76. The molecule has 1 atom stereocenters. The molecule has 1 unspecified atom stereocenters. The Balaban J connectivity index is 1.56. The van der Waals surface area contributed by atoms with Gasteiger partial charge in [-0.05, 0) is 61.4 Å². The highest BCUT2D eigenvalue weighted by atomic mass is 32.1. The number of benzene rings is 1. The number of hydrogen-bond acceptors (Lipinski definition) is 4. The number of nitrogens with one attached hydrogen (secondary N) is 2. The second-order valence-corrected chi connectivity index (χ2v) is 7.11. The third kappa shape index (κ3) is 4.49. The second-order valence-electron chi connectivity index (χ2n) is 5.91. The van der Waals surface area contributed by atoms with Crippen LogP contribution in [0.1, 0.15) is 32.7 Å². The molecule has 2 heterocycles. The van der Waals surface area contributed by atoms with E-state index in [0.717, 1.165) is 26.6 Å². The summed E-state index contributed by atoms with van der Waals surface area (Å²) in [4.78, 5) is 13.8. The van der Waals surface area contributed by atoms with Gasteiger partial charge in [0, 0.05) is 15.4 Å². The van der Waals surface area contributed by atoms with Gasteiger partial charge in [-0.3, -0.25) is 0 Å². The molecule has 0 saturated carbocycles. The Kier molecular flexibility index (Phi) is 5.21. The van der Waals surface area contributed by atoms with Gasteiger partial charge in [-0.1, -0.05) is 6.07 Å². The molecule has 3 rings (SSSR count). The number of amides is 2. The van der Waals surface area contributed by atoms with Gasteiger partial charge in [0.1, 0.15) is 11.9 Å². The third-order valence-electron chi connectivity index (χ3n) is 3.67. The zero-order chi connectivity index (χ0) is 17.8. The normalized spacial score (nSPS) is 12.0. The number of rotatable bonds is 5. The van der Waals surface area contributed by atoms with Gasteiger partial charge in [-0.15, -0.1) is 11.3 Å². The summed E-state index contributed by atoms with van der Waals surface area (Å²) >= 11 is 1.44. The maximum absolute atomic E-state index is 12.1. The Bertz CT molecular complexity index is 835. The monoisotopic (exact) mass is 356 g/mol. The summed E-state index contributed by atoms with van der Waals surface area (Å²) in [5.74, 6) is 0.508. The van der Waals surface area contributed by atoms with Crippen molar-refractivity contribution < 1.29 is 14.3 Å². The number of thiophene rings is 1. The van der Waals surface area contributed by atoms with Crippen molar-refractivity contribution >= 4 is 23.1 Å². The maximum Gasteiger partial charge on any atom is 0.319 e. The van der Waals surface area contributed by atoms with E-state index in [-0.39, 0.29) is 6.03 Å². The Morgan fingerprint density at radius 1 is 1.20 bits per heavy atom. The number of urea groups is 1. The fraction of sp³-hybridized carbons (Fsp3) is 0.211. The van der Waals surface area contributed by atoms with Gasteiger partial charge in [-0.2, -0.15) is 0 Å². The summed E-state index contributed by atoms with van der Waals surface area (Å²) in [6.45, 7) is 4.38. The van der Waals surface area contributed by atoms with Gasteiger partial charge >= 0.3 is 6.03 Å². The van der Waals surface area contributed by atoms with Crippen molar-refractivity contribution in [3.05, 3.63) is 75.4 Å². The Morgan fingerprint density at radius 2 is 1.96 bits per heavy atom. The SMILES string of the molecule is Cc1cc(C)cc(NC(=O)NCc2ccc(C(O)c3ccco3)s2)c1. The maximum atomic E-state index is 12.1. The van der Waals surface area contributed by atoms with E-state index in [1.807, 2.05) is 38.1 Å². The quantitative estimate of drug-likeness (QED) is 0.636. The molecule has 2 aromatic heterocycles. The molecule has 130 valence electrons. The van der Waals surface area contributed by atoms with Gasteiger partial charge < -0.3 is 20.2 Å². The molecule has 5 nitrogen and oxygen atoms in total. The topological polar surface area (TPSA) is 74.5 Å². The molecular formula is C19H20N2O3S. The molecule has 0 aliphatic carbocycles. The number of hydrogen-bond donors (Lipinski definition) is 3. The van der Waals surface area contributed by atoms with Gasteiger partial charge in [0.25, 0.3) is 0 Å². The highest BCUT2D eigenvalue weighted by molar-refractivity contribution is 7.12. The van der Waals surface area contributed by atoms with E-state index in [1.54, 1.807) is 12.1 Å². The number of aliphatic hydroxyl groups is 1. The minimum Gasteiger partial charge on any atom is -0.466 e. The van der Waals surface area contributed by atoms with Crippen molar-refractivity contribution in [2.45, 2.75) is 26.5 Å². The van der Waals surface area contributed by atoms with Crippen LogP contribution in [0.5, 0.6) is 0 Å². The number of carbonyl (C=O) groups is 1. The molecule has 0 fully saturated rings. The lowest BCUT2D eigenvalue weighted by molar-refractivity contribution is 0.193. The van der Waals surface area contributed by atoms with Gasteiger partial charge in [0.05, 0.1) is 12.8 Å². The van der Waals surface area contributed by atoms with Crippen molar-refractivity contribution in [3.63, 3.8) is 0 Å². The van der Waals surface area contributed by atoms with Crippen molar-refractivity contribution in [3.8, 4) is 0 Å². The lowest BCUT2D eigenvalue weighted by Gasteiger charge is -2.08. The van der Waals surface area contributed by atoms with Crippen LogP contribution < -0.4 is 10.6 Å². The van der Waals surface area contributed by atoms with Gasteiger partial charge in [0.15, 0.2) is 0 Å². The van der Waals surface area contributed by atoms with E-state index < -0.39 is 6.10 Å². The summed E-state index contributed by atoms with van der Waals surface area (Å²) in [7, 11) is 0. The van der Waals surface area contributed by atoms with Crippen LogP contribution in [-0.2, 0) is 6.54 Å². The zero-order valence-corrected chi connectivity index (χ0v) is 14.9. The summed E-state index contributed by atoms with van der Waals surface area (Å²) in [6.07, 6.45) is 0.754. The van der Waals surface area contributed by atoms with Gasteiger partial charge in [0.2, 0.25) is 0 Å². The van der Waals surface area contributed by atoms with Crippen LogP contribution >= 0.6 is 11.3 Å². The Labute approximate surface area is 150 Å². The fourth-order valence-electron chi connectivity index (χ4n) is 2.61. The van der Waals surface area contributed by atoms with Crippen molar-refractivity contribution in [1.29, 1.82) is 0 Å². The molecular weight excluding hydrogens is 336 g/mol. The minimum absolute atomic E-state index is 0.258. The van der Waals surface area contributed by atoms with Crippen molar-refractivity contribution in [2.24, 2.45) is 0 Å². The molecule has 0 radical (unpaired) electrons. The predicted molar refractivity (Wildman–Crippen MR) is 98.9 cm³/mol. The number of furan rings is 1. The molecule has 0 saturated heterocycles. The molecule has 25 heavy (non-hydrogen) atoms. The summed E-state index contributed by atoms with van der Waals surface area (Å²) < 4.78 is 5.22. The first-order chi connectivity index (χ1) is 12.0. The average Bonchev–Trinajstić information content (AvgIpc) is 3.23. The zero-order valence-electron chi connectivity index (χ0n) is 14.1. The standard InChI is InChI=1S/C19H20N2O3S/c1-12-8-13(2)10-14(9-12)21-19(23)20-11-15-5-6-17(25-15)18(22)16-4-3-7-24-16/h3-10,18,22H,11H2,1-2H3,(H2,20,21,23). The first kappa shape index (κ1) is 17.3. The van der Waals surface area contributed by atoms with Crippen LogP contribution in [0.3, 0.4) is 0 Å². The van der Waals surface area contributed by atoms with E-state index in [2.05, 4.69) is 16.7 Å². The molecule has 0 bridgehead atoms. The molecule has 2 amide bonds. The second kappa shape index (κ2) is 7.55. The molecule has 0 aliphatic rings. The molecule has 6 heteroatoms. The summed E-state index contributed by atoms with van der Waals surface area (Å²) in [6, 6.07) is 12.9. The number of anilines is 1. The van der Waals surface area contributed by atoms with E-state index in [9.17, 15) is 9.90 Å². The predicted octanol–water partition coefficient (Wildman–Crippen LogP) is 4.36. The number of carbonyl (C=O) groups excluding carboxylic acids is 1. The molecule has 0 spiro atoms. The summed E-state index contributed by atoms with van der Waals surface area (Å²) in [5.41, 5.74) is 2.98. The lowest BCUT2D eigenvalue weighted by atomic mass is 10.1. The molecule has 3 N–H and O–H groups in total. The molecule has 0 aliphatic heterocycles. The highest BCUT2D eigenvalue weighted by Crippen LogP contribution is 2.28. The van der Waals surface area contributed by atoms with E-state index in [0.29, 0.717) is 12.3 Å². The van der Waals surface area contributed by atoms with Crippen LogP contribution in [0.2, 0.25) is 0 Å². The van der Waals surface area contributed by atoms with Crippen LogP contribution in [-0.4, -0.2) is 11.1 Å². The van der Waals surface area contributed by atoms with Crippen LogP contribution in [0.4, 0.5) is 10.5 Å². The Morgan fingerprint density at radius 3 is 2.64 bits per heavy atom. The van der Waals surface area contributed by atoms with Crippen LogP contribution in [0.15, 0.2) is 53.1 Å². The van der Waals surface area contributed by atoms with E-state index in [1.165, 1.54) is 17.6 Å². The van der Waals surface area contributed by atoms with Crippen LogP contribution in [0, 0.1) is 13.8 Å². The largest absolute Gasteiger partial charge is 0.466 e. The smallest absolute Gasteiger partial charge is 0.319 e. The van der Waals surface area contributed by atoms with E-state index >= 15 is 0 Å². The van der Waals surface area contributed by atoms with Crippen molar-refractivity contribution in [2.75, 3.05) is 5.32 Å². The lowest BCUT2D eigenvalue weighted by Crippen LogP contribution is -2.27. The van der Waals surface area contributed by atoms with Gasteiger partial charge in [-0.25, -0.2) is 4.79 Å². The van der Waals surface area contributed by atoms with E-state index in [4.69, 9.17) is 4.42 Å². The molecule has 1 aromatic carbocycles. The third-order valence-corrected chi connectivity index (χ3v) is 4.81. The molecule has 3 aromatic rings. The first-order valence-electron chi connectivity index (χ1n) is 7.94. The van der Waals surface area contributed by atoms with Crippen molar-refractivity contribution in [1.82, 2.24) is 5.32 Å². The Hall–Kier alpha value is -2.57. The van der Waals surface area contributed by atoms with Crippen LogP contribution in [0.25, 0.3) is 0 Å².